The summed E-state index contributed by atoms with van der Waals surface area (Å²) in [5.41, 5.74) is 0. The average Bonchev–Trinajstić information content (AvgIpc) is 2.49. The molecule has 0 atom stereocenters. The molecule has 0 aliphatic carbocycles. The van der Waals surface area contributed by atoms with Crippen molar-refractivity contribution in [2.75, 3.05) is 41.4 Å². The topological polar surface area (TPSA) is 44.2 Å². The minimum Gasteiger partial charge on any atom is -0.477 e. The van der Waals surface area contributed by atoms with Gasteiger partial charge >= 0.3 is 0 Å². The highest BCUT2D eigenvalue weighted by molar-refractivity contribution is 6.99. The second-order valence-corrected chi connectivity index (χ2v) is 4.47. The van der Waals surface area contributed by atoms with Crippen molar-refractivity contribution < 1.29 is 14.0 Å². The Balaban J connectivity index is 2.38. The molecule has 80 valence electrons. The standard InChI is InChI=1S/C8H16N3O2S/c1-11(2,3)5-6-13-8-7(12-4)9-14-10-8/h5-6H2,1-4H3/q+1. The highest BCUT2D eigenvalue weighted by Gasteiger charge is 2.12. The van der Waals surface area contributed by atoms with Crippen molar-refractivity contribution in [1.29, 1.82) is 0 Å². The fraction of sp³-hybridized carbons (Fsp3) is 0.750. The Bertz CT molecular complexity index is 282. The van der Waals surface area contributed by atoms with Crippen LogP contribution in [0.4, 0.5) is 0 Å². The number of hydrogen-bond acceptors (Lipinski definition) is 5. The van der Waals surface area contributed by atoms with E-state index in [1.165, 1.54) is 0 Å². The molecule has 0 fully saturated rings. The Kier molecular flexibility index (Phi) is 3.65. The zero-order valence-electron chi connectivity index (χ0n) is 8.98. The molecule has 1 aromatic rings. The zero-order valence-corrected chi connectivity index (χ0v) is 9.80. The molecule has 1 heterocycles. The van der Waals surface area contributed by atoms with Crippen LogP contribution in [0.1, 0.15) is 0 Å². The van der Waals surface area contributed by atoms with Gasteiger partial charge in [-0.1, -0.05) is 0 Å². The number of hydrogen-bond donors (Lipinski definition) is 0. The Morgan fingerprint density at radius 1 is 1.21 bits per heavy atom. The van der Waals surface area contributed by atoms with Crippen LogP contribution in [0.2, 0.25) is 0 Å². The summed E-state index contributed by atoms with van der Waals surface area (Å²) in [6, 6.07) is 0. The molecule has 0 N–H and O–H groups in total. The SMILES string of the molecule is COc1nsnc1OCC[N+](C)(C)C. The number of aromatic nitrogens is 2. The van der Waals surface area contributed by atoms with Crippen LogP contribution in [-0.4, -0.2) is 54.6 Å². The lowest BCUT2D eigenvalue weighted by Gasteiger charge is -2.23. The summed E-state index contributed by atoms with van der Waals surface area (Å²) in [5, 5.41) is 0. The fourth-order valence-corrected chi connectivity index (χ4v) is 1.27. The van der Waals surface area contributed by atoms with Crippen molar-refractivity contribution in [3.63, 3.8) is 0 Å². The van der Waals surface area contributed by atoms with Gasteiger partial charge in [-0.25, -0.2) is 0 Å². The van der Waals surface area contributed by atoms with Gasteiger partial charge in [-0.15, -0.1) is 8.75 Å². The predicted octanol–water partition coefficient (Wildman–Crippen LogP) is 0.632. The third-order valence-corrected chi connectivity index (χ3v) is 2.12. The van der Waals surface area contributed by atoms with Gasteiger partial charge < -0.3 is 14.0 Å². The Morgan fingerprint density at radius 3 is 2.43 bits per heavy atom. The summed E-state index contributed by atoms with van der Waals surface area (Å²) in [6.07, 6.45) is 0. The lowest BCUT2D eigenvalue weighted by Crippen LogP contribution is -2.38. The first-order valence-electron chi connectivity index (χ1n) is 4.33. The van der Waals surface area contributed by atoms with Gasteiger partial charge in [-0.3, -0.25) is 0 Å². The molecule has 0 saturated heterocycles. The Hall–Kier alpha value is -0.880. The summed E-state index contributed by atoms with van der Waals surface area (Å²) < 4.78 is 19.2. The summed E-state index contributed by atoms with van der Waals surface area (Å²) >= 11 is 1.09. The third kappa shape index (κ3) is 3.47. The van der Waals surface area contributed by atoms with Crippen molar-refractivity contribution >= 4 is 11.7 Å². The first-order valence-corrected chi connectivity index (χ1v) is 5.06. The van der Waals surface area contributed by atoms with Crippen molar-refractivity contribution in [2.45, 2.75) is 0 Å². The van der Waals surface area contributed by atoms with Gasteiger partial charge in [0.05, 0.1) is 40.0 Å². The molecule has 6 heteroatoms. The van der Waals surface area contributed by atoms with Crippen molar-refractivity contribution in [1.82, 2.24) is 8.75 Å². The molecule has 0 aliphatic rings. The molecule has 0 unspecified atom stereocenters. The van der Waals surface area contributed by atoms with Gasteiger partial charge in [-0.05, 0) is 0 Å². The van der Waals surface area contributed by atoms with Crippen LogP contribution in [-0.2, 0) is 0 Å². The maximum absolute atomic E-state index is 5.44. The summed E-state index contributed by atoms with van der Waals surface area (Å²) in [5.74, 6) is 0.961. The minimum atomic E-state index is 0.469. The van der Waals surface area contributed by atoms with Crippen LogP contribution >= 0.6 is 11.7 Å². The van der Waals surface area contributed by atoms with Crippen molar-refractivity contribution in [2.24, 2.45) is 0 Å². The van der Waals surface area contributed by atoms with Crippen LogP contribution in [0.25, 0.3) is 0 Å². The van der Waals surface area contributed by atoms with E-state index in [0.29, 0.717) is 18.4 Å². The maximum Gasteiger partial charge on any atom is 0.291 e. The largest absolute Gasteiger partial charge is 0.477 e. The van der Waals surface area contributed by atoms with E-state index in [0.717, 1.165) is 22.8 Å². The van der Waals surface area contributed by atoms with Gasteiger partial charge in [0.15, 0.2) is 0 Å². The van der Waals surface area contributed by atoms with Crippen molar-refractivity contribution in [3.05, 3.63) is 0 Å². The molecular formula is C8H16N3O2S+. The smallest absolute Gasteiger partial charge is 0.291 e. The molecular weight excluding hydrogens is 202 g/mol. The van der Waals surface area contributed by atoms with Crippen LogP contribution < -0.4 is 9.47 Å². The normalized spacial score (nSPS) is 11.4. The van der Waals surface area contributed by atoms with E-state index in [2.05, 4.69) is 29.9 Å². The number of methoxy groups -OCH3 is 1. The van der Waals surface area contributed by atoms with Crippen LogP contribution in [0, 0.1) is 0 Å². The Morgan fingerprint density at radius 2 is 1.86 bits per heavy atom. The third-order valence-electron chi connectivity index (χ3n) is 1.62. The second kappa shape index (κ2) is 4.56. The van der Waals surface area contributed by atoms with Crippen LogP contribution in [0.15, 0.2) is 0 Å². The van der Waals surface area contributed by atoms with Crippen molar-refractivity contribution in [3.8, 4) is 11.8 Å². The molecule has 0 aliphatic heterocycles. The van der Waals surface area contributed by atoms with E-state index in [-0.39, 0.29) is 0 Å². The van der Waals surface area contributed by atoms with Gasteiger partial charge in [0.1, 0.15) is 13.2 Å². The van der Waals surface area contributed by atoms with E-state index in [4.69, 9.17) is 9.47 Å². The highest BCUT2D eigenvalue weighted by Crippen LogP contribution is 2.22. The monoisotopic (exact) mass is 218 g/mol. The number of ether oxygens (including phenoxy) is 2. The number of nitrogens with zero attached hydrogens (tertiary/aromatic N) is 3. The van der Waals surface area contributed by atoms with Crippen LogP contribution in [0.3, 0.4) is 0 Å². The van der Waals surface area contributed by atoms with Gasteiger partial charge in [0.25, 0.3) is 11.8 Å². The molecule has 0 bridgehead atoms. The molecule has 0 amide bonds. The van der Waals surface area contributed by atoms with Gasteiger partial charge in [0.2, 0.25) is 0 Å². The quantitative estimate of drug-likeness (QED) is 0.680. The summed E-state index contributed by atoms with van der Waals surface area (Å²) in [7, 11) is 7.89. The summed E-state index contributed by atoms with van der Waals surface area (Å²) in [4.78, 5) is 0. The number of rotatable bonds is 5. The van der Waals surface area contributed by atoms with Gasteiger partial charge in [-0.2, -0.15) is 0 Å². The number of quaternary nitrogens is 1. The minimum absolute atomic E-state index is 0.469. The fourth-order valence-electron chi connectivity index (χ4n) is 0.802. The first-order chi connectivity index (χ1) is 6.53. The summed E-state index contributed by atoms with van der Waals surface area (Å²) in [6.45, 7) is 1.53. The number of likely N-dealkylation sites (N-methyl/N-ethyl adjacent to an activating group) is 1. The van der Waals surface area contributed by atoms with E-state index >= 15 is 0 Å². The molecule has 14 heavy (non-hydrogen) atoms. The molecule has 5 nitrogen and oxygen atoms in total. The molecule has 0 aromatic carbocycles. The van der Waals surface area contributed by atoms with E-state index < -0.39 is 0 Å². The molecule has 0 saturated carbocycles. The van der Waals surface area contributed by atoms with E-state index in [9.17, 15) is 0 Å². The zero-order chi connectivity index (χ0) is 10.6. The first kappa shape index (κ1) is 11.2. The maximum atomic E-state index is 5.44. The Labute approximate surface area is 88.2 Å². The second-order valence-electron chi connectivity index (χ2n) is 3.94. The van der Waals surface area contributed by atoms with Gasteiger partial charge in [0, 0.05) is 0 Å². The lowest BCUT2D eigenvalue weighted by atomic mass is 10.5. The molecule has 0 radical (unpaired) electrons. The average molecular weight is 218 g/mol. The highest BCUT2D eigenvalue weighted by atomic mass is 32.1. The lowest BCUT2D eigenvalue weighted by molar-refractivity contribution is -0.870. The molecule has 0 spiro atoms. The van der Waals surface area contributed by atoms with E-state index in [1.807, 2.05) is 0 Å². The van der Waals surface area contributed by atoms with E-state index in [1.54, 1.807) is 7.11 Å². The molecule has 1 rings (SSSR count). The van der Waals surface area contributed by atoms with Crippen LogP contribution in [0.5, 0.6) is 11.8 Å². The molecule has 1 aromatic heterocycles. The predicted molar refractivity (Wildman–Crippen MR) is 54.9 cm³/mol.